The maximum absolute atomic E-state index is 13.0. The van der Waals surface area contributed by atoms with E-state index in [0.29, 0.717) is 6.04 Å². The summed E-state index contributed by atoms with van der Waals surface area (Å²) in [6, 6.07) is 7.99. The van der Waals surface area contributed by atoms with Crippen LogP contribution in [0.2, 0.25) is 0 Å². The number of rotatable bonds is 4. The second-order valence-corrected chi connectivity index (χ2v) is 6.80. The number of carbonyl (C=O) groups is 1. The number of likely N-dealkylation sites (N-methyl/N-ethyl adjacent to an activating group) is 1. The maximum atomic E-state index is 13.0. The molecule has 0 bridgehead atoms. The Morgan fingerprint density at radius 2 is 1.95 bits per heavy atom. The van der Waals surface area contributed by atoms with Gasteiger partial charge >= 0.3 is 0 Å². The van der Waals surface area contributed by atoms with Gasteiger partial charge in [0, 0.05) is 24.8 Å². The van der Waals surface area contributed by atoms with Crippen LogP contribution in [0.25, 0.3) is 0 Å². The van der Waals surface area contributed by atoms with Gasteiger partial charge in [-0.2, -0.15) is 0 Å². The smallest absolute Gasteiger partial charge is 0.232 e. The lowest BCUT2D eigenvalue weighted by Crippen LogP contribution is -2.48. The highest BCUT2D eigenvalue weighted by Gasteiger charge is 2.38. The van der Waals surface area contributed by atoms with E-state index < -0.39 is 5.41 Å². The van der Waals surface area contributed by atoms with Crippen LogP contribution in [-0.2, 0) is 10.2 Å². The molecule has 2 rings (SSSR count). The number of benzene rings is 1. The predicted octanol–water partition coefficient (Wildman–Crippen LogP) is 2.10. The van der Waals surface area contributed by atoms with Crippen molar-refractivity contribution in [3.05, 3.63) is 29.8 Å². The number of amides is 1. The SMILES string of the molecule is CN(C)CC1CCCN1C(=O)C(C)(C)c1ccc(N)cc1. The maximum Gasteiger partial charge on any atom is 0.232 e. The molecule has 1 amide bonds. The number of nitrogens with zero attached hydrogens (tertiary/aromatic N) is 2. The average molecular weight is 289 g/mol. The first-order valence-electron chi connectivity index (χ1n) is 7.64. The van der Waals surface area contributed by atoms with Crippen LogP contribution in [0.3, 0.4) is 0 Å². The quantitative estimate of drug-likeness (QED) is 0.864. The van der Waals surface area contributed by atoms with E-state index in [1.165, 1.54) is 0 Å². The molecule has 1 saturated heterocycles. The van der Waals surface area contributed by atoms with Crippen LogP contribution < -0.4 is 5.73 Å². The van der Waals surface area contributed by atoms with Crippen molar-refractivity contribution in [3.8, 4) is 0 Å². The molecular weight excluding hydrogens is 262 g/mol. The molecule has 0 saturated carbocycles. The Morgan fingerprint density at radius 3 is 2.52 bits per heavy atom. The molecule has 1 fully saturated rings. The van der Waals surface area contributed by atoms with E-state index in [4.69, 9.17) is 5.73 Å². The third-order valence-corrected chi connectivity index (χ3v) is 4.38. The van der Waals surface area contributed by atoms with Gasteiger partial charge in [0.1, 0.15) is 0 Å². The highest BCUT2D eigenvalue weighted by molar-refractivity contribution is 5.88. The summed E-state index contributed by atoms with van der Waals surface area (Å²) >= 11 is 0. The molecule has 0 aliphatic carbocycles. The molecule has 1 aromatic carbocycles. The average Bonchev–Trinajstić information content (AvgIpc) is 2.85. The summed E-state index contributed by atoms with van der Waals surface area (Å²) in [5.41, 5.74) is 6.99. The van der Waals surface area contributed by atoms with E-state index in [1.54, 1.807) is 0 Å². The molecule has 1 aromatic rings. The number of hydrogen-bond donors (Lipinski definition) is 1. The molecule has 1 atom stereocenters. The van der Waals surface area contributed by atoms with Crippen molar-refractivity contribution in [3.63, 3.8) is 0 Å². The highest BCUT2D eigenvalue weighted by Crippen LogP contribution is 2.30. The second kappa shape index (κ2) is 6.06. The van der Waals surface area contributed by atoms with Crippen LogP contribution >= 0.6 is 0 Å². The van der Waals surface area contributed by atoms with Gasteiger partial charge < -0.3 is 15.5 Å². The van der Waals surface area contributed by atoms with Gasteiger partial charge in [0.2, 0.25) is 5.91 Å². The fourth-order valence-corrected chi connectivity index (χ4v) is 3.10. The summed E-state index contributed by atoms with van der Waals surface area (Å²) in [7, 11) is 4.12. The van der Waals surface area contributed by atoms with E-state index in [2.05, 4.69) is 23.9 Å². The van der Waals surface area contributed by atoms with Gasteiger partial charge in [-0.1, -0.05) is 12.1 Å². The molecule has 4 nitrogen and oxygen atoms in total. The first-order chi connectivity index (χ1) is 9.82. The summed E-state index contributed by atoms with van der Waals surface area (Å²) in [6.07, 6.45) is 2.20. The fourth-order valence-electron chi connectivity index (χ4n) is 3.10. The molecule has 1 unspecified atom stereocenters. The number of hydrogen-bond acceptors (Lipinski definition) is 3. The Balaban J connectivity index is 2.19. The number of likely N-dealkylation sites (tertiary alicyclic amines) is 1. The third-order valence-electron chi connectivity index (χ3n) is 4.38. The summed E-state index contributed by atoms with van der Waals surface area (Å²) in [5.74, 6) is 0.219. The van der Waals surface area contributed by atoms with Gasteiger partial charge in [-0.25, -0.2) is 0 Å². The van der Waals surface area contributed by atoms with Crippen LogP contribution in [0, 0.1) is 0 Å². The van der Waals surface area contributed by atoms with Crippen LogP contribution in [0.15, 0.2) is 24.3 Å². The van der Waals surface area contributed by atoms with Crippen molar-refractivity contribution < 1.29 is 4.79 Å². The van der Waals surface area contributed by atoms with Crippen molar-refractivity contribution >= 4 is 11.6 Å². The molecule has 0 spiro atoms. The van der Waals surface area contributed by atoms with E-state index in [-0.39, 0.29) is 5.91 Å². The van der Waals surface area contributed by atoms with Gasteiger partial charge in [-0.3, -0.25) is 4.79 Å². The lowest BCUT2D eigenvalue weighted by molar-refractivity contribution is -0.137. The molecule has 1 aliphatic rings. The molecule has 2 N–H and O–H groups in total. The molecule has 4 heteroatoms. The first kappa shape index (κ1) is 15.8. The normalized spacial score (nSPS) is 19.3. The molecule has 21 heavy (non-hydrogen) atoms. The number of carbonyl (C=O) groups excluding carboxylic acids is 1. The van der Waals surface area contributed by atoms with Crippen molar-refractivity contribution in [1.29, 1.82) is 0 Å². The Hall–Kier alpha value is -1.55. The summed E-state index contributed by atoms with van der Waals surface area (Å²) in [4.78, 5) is 17.2. The van der Waals surface area contributed by atoms with Crippen LogP contribution in [0.4, 0.5) is 5.69 Å². The number of nitrogen functional groups attached to an aromatic ring is 1. The Morgan fingerprint density at radius 1 is 1.33 bits per heavy atom. The van der Waals surface area contributed by atoms with Gasteiger partial charge in [0.15, 0.2) is 0 Å². The Labute approximate surface area is 127 Å². The Bertz CT molecular complexity index is 493. The van der Waals surface area contributed by atoms with Gasteiger partial charge in [-0.15, -0.1) is 0 Å². The minimum absolute atomic E-state index is 0.219. The third kappa shape index (κ3) is 3.38. The van der Waals surface area contributed by atoms with Crippen molar-refractivity contribution in [1.82, 2.24) is 9.80 Å². The molecular formula is C17H27N3O. The minimum atomic E-state index is -0.511. The van der Waals surface area contributed by atoms with E-state index in [1.807, 2.05) is 38.1 Å². The molecule has 1 heterocycles. The summed E-state index contributed by atoms with van der Waals surface area (Å²) in [6.45, 7) is 5.82. The number of anilines is 1. The summed E-state index contributed by atoms with van der Waals surface area (Å²) < 4.78 is 0. The van der Waals surface area contributed by atoms with Crippen molar-refractivity contribution in [2.24, 2.45) is 0 Å². The lowest BCUT2D eigenvalue weighted by Gasteiger charge is -2.34. The summed E-state index contributed by atoms with van der Waals surface area (Å²) in [5, 5.41) is 0. The molecule has 1 aliphatic heterocycles. The highest BCUT2D eigenvalue weighted by atomic mass is 16.2. The Kier molecular flexibility index (Phi) is 4.57. The van der Waals surface area contributed by atoms with Crippen LogP contribution in [-0.4, -0.2) is 48.9 Å². The van der Waals surface area contributed by atoms with Crippen LogP contribution in [0.5, 0.6) is 0 Å². The van der Waals surface area contributed by atoms with Crippen molar-refractivity contribution in [2.45, 2.75) is 38.1 Å². The van der Waals surface area contributed by atoms with E-state index in [0.717, 1.165) is 37.2 Å². The zero-order valence-corrected chi connectivity index (χ0v) is 13.6. The number of nitrogens with two attached hydrogens (primary N) is 1. The van der Waals surface area contributed by atoms with E-state index in [9.17, 15) is 4.79 Å². The molecule has 116 valence electrons. The van der Waals surface area contributed by atoms with E-state index >= 15 is 0 Å². The van der Waals surface area contributed by atoms with Gasteiger partial charge in [-0.05, 0) is 58.5 Å². The van der Waals surface area contributed by atoms with Gasteiger partial charge in [0.05, 0.1) is 5.41 Å². The molecule has 0 aromatic heterocycles. The predicted molar refractivity (Wildman–Crippen MR) is 87.2 cm³/mol. The fraction of sp³-hybridized carbons (Fsp3) is 0.588. The zero-order chi connectivity index (χ0) is 15.6. The van der Waals surface area contributed by atoms with Crippen LogP contribution in [0.1, 0.15) is 32.3 Å². The topological polar surface area (TPSA) is 49.6 Å². The minimum Gasteiger partial charge on any atom is -0.399 e. The lowest BCUT2D eigenvalue weighted by atomic mass is 9.83. The zero-order valence-electron chi connectivity index (χ0n) is 13.6. The second-order valence-electron chi connectivity index (χ2n) is 6.80. The van der Waals surface area contributed by atoms with Crippen molar-refractivity contribution in [2.75, 3.05) is 32.9 Å². The standard InChI is InChI=1S/C17H27N3O/c1-17(2,13-7-9-14(18)10-8-13)16(21)20-11-5-6-15(20)12-19(3)4/h7-10,15H,5-6,11-12,18H2,1-4H3. The monoisotopic (exact) mass is 289 g/mol. The first-order valence-corrected chi connectivity index (χ1v) is 7.64. The van der Waals surface area contributed by atoms with Gasteiger partial charge in [0.25, 0.3) is 0 Å². The molecule has 0 radical (unpaired) electrons. The largest absolute Gasteiger partial charge is 0.399 e.